The number of hydrogen-bond acceptors (Lipinski definition) is 5. The minimum Gasteiger partial charge on any atom is -0.497 e. The molecule has 6 nitrogen and oxygen atoms in total. The van der Waals surface area contributed by atoms with E-state index in [2.05, 4.69) is 20.3 Å². The Kier molecular flexibility index (Phi) is 5.55. The van der Waals surface area contributed by atoms with E-state index in [0.29, 0.717) is 11.3 Å². The van der Waals surface area contributed by atoms with Crippen LogP contribution in [0.5, 0.6) is 5.75 Å². The molecule has 0 aliphatic heterocycles. The number of rotatable bonds is 7. The summed E-state index contributed by atoms with van der Waals surface area (Å²) in [6.07, 6.45) is 6.80. The molecule has 0 radical (unpaired) electrons. The summed E-state index contributed by atoms with van der Waals surface area (Å²) < 4.78 is 5.37. The third-order valence-corrected chi connectivity index (χ3v) is 5.61. The van der Waals surface area contributed by atoms with Crippen molar-refractivity contribution < 1.29 is 9.53 Å². The van der Waals surface area contributed by atoms with E-state index in [1.165, 1.54) is 6.33 Å². The van der Waals surface area contributed by atoms with Crippen molar-refractivity contribution in [3.63, 3.8) is 0 Å². The quantitative estimate of drug-likeness (QED) is 0.323. The molecule has 2 aromatic heterocycles. The fourth-order valence-electron chi connectivity index (χ4n) is 3.96. The first-order valence-corrected chi connectivity index (χ1v) is 10.6. The fraction of sp³-hybridized carbons (Fsp3) is 0.0741. The van der Waals surface area contributed by atoms with Gasteiger partial charge in [0.25, 0.3) is 0 Å². The molecule has 5 rings (SSSR count). The zero-order chi connectivity index (χ0) is 22.6. The largest absolute Gasteiger partial charge is 0.497 e. The number of aromatic nitrogens is 3. The molecule has 0 saturated carbocycles. The lowest BCUT2D eigenvalue weighted by Gasteiger charge is -2.20. The Morgan fingerprint density at radius 1 is 0.939 bits per heavy atom. The van der Waals surface area contributed by atoms with Gasteiger partial charge in [0.05, 0.1) is 7.11 Å². The van der Waals surface area contributed by atoms with E-state index in [1.54, 1.807) is 25.7 Å². The third-order valence-electron chi connectivity index (χ3n) is 5.61. The molecule has 0 saturated heterocycles. The predicted molar refractivity (Wildman–Crippen MR) is 129 cm³/mol. The molecule has 5 aromatic rings. The monoisotopic (exact) mass is 434 g/mol. The number of carbonyl (C=O) groups excluding carboxylic acids is 1. The number of nitrogens with one attached hydrogen (secondary N) is 2. The molecular weight excluding hydrogens is 412 g/mol. The van der Waals surface area contributed by atoms with Crippen molar-refractivity contribution in [1.82, 2.24) is 15.0 Å². The highest BCUT2D eigenvalue weighted by molar-refractivity contribution is 6.11. The van der Waals surface area contributed by atoms with Gasteiger partial charge < -0.3 is 15.0 Å². The third kappa shape index (κ3) is 4.19. The molecular formula is C27H22N4O2. The standard InChI is InChI=1S/C27H22N4O2/c1-33-22-9-5-8-21(13-22)31-26(27(32)24-16-30-25-11-3-2-10-23(24)25)19-7-4-6-18(12-19)20-14-28-17-29-15-20/h2-17,26,30-31H,1H3. The van der Waals surface area contributed by atoms with Crippen molar-refractivity contribution in [3.8, 4) is 16.9 Å². The summed E-state index contributed by atoms with van der Waals surface area (Å²) in [6, 6.07) is 22.7. The van der Waals surface area contributed by atoms with Crippen LogP contribution in [-0.2, 0) is 0 Å². The van der Waals surface area contributed by atoms with Crippen LogP contribution in [0.1, 0.15) is 22.0 Å². The molecule has 0 aliphatic carbocycles. The second kappa shape index (κ2) is 8.96. The molecule has 6 heteroatoms. The van der Waals surface area contributed by atoms with E-state index >= 15 is 0 Å². The zero-order valence-electron chi connectivity index (χ0n) is 18.0. The van der Waals surface area contributed by atoms with Crippen molar-refractivity contribution in [2.75, 3.05) is 12.4 Å². The van der Waals surface area contributed by atoms with Crippen molar-refractivity contribution >= 4 is 22.4 Å². The van der Waals surface area contributed by atoms with Gasteiger partial charge in [-0.2, -0.15) is 0 Å². The van der Waals surface area contributed by atoms with Gasteiger partial charge in [0, 0.05) is 52.4 Å². The second-order valence-corrected chi connectivity index (χ2v) is 7.67. The number of ether oxygens (including phenoxy) is 1. The lowest BCUT2D eigenvalue weighted by atomic mass is 9.94. The summed E-state index contributed by atoms with van der Waals surface area (Å²) >= 11 is 0. The van der Waals surface area contributed by atoms with E-state index in [4.69, 9.17) is 4.74 Å². The smallest absolute Gasteiger partial charge is 0.191 e. The second-order valence-electron chi connectivity index (χ2n) is 7.67. The first kappa shape index (κ1) is 20.5. The van der Waals surface area contributed by atoms with Crippen molar-refractivity contribution in [2.24, 2.45) is 0 Å². The Hall–Kier alpha value is -4.45. The number of carbonyl (C=O) groups is 1. The first-order valence-electron chi connectivity index (χ1n) is 10.6. The number of fused-ring (bicyclic) bond motifs is 1. The molecule has 2 heterocycles. The summed E-state index contributed by atoms with van der Waals surface area (Å²) in [4.78, 5) is 25.3. The van der Waals surface area contributed by atoms with E-state index in [0.717, 1.165) is 33.3 Å². The minimum atomic E-state index is -0.610. The van der Waals surface area contributed by atoms with Crippen LogP contribution in [0.2, 0.25) is 0 Å². The Morgan fingerprint density at radius 3 is 2.61 bits per heavy atom. The normalized spacial score (nSPS) is 11.8. The van der Waals surface area contributed by atoms with Gasteiger partial charge in [-0.15, -0.1) is 0 Å². The summed E-state index contributed by atoms with van der Waals surface area (Å²) in [5.41, 5.74) is 5.03. The van der Waals surface area contributed by atoms with Gasteiger partial charge in [0.1, 0.15) is 18.1 Å². The number of ketones is 1. The average Bonchev–Trinajstić information content (AvgIpc) is 3.32. The number of aromatic amines is 1. The maximum atomic E-state index is 13.9. The number of para-hydroxylation sites is 1. The number of nitrogens with zero attached hydrogens (tertiary/aromatic N) is 2. The Labute approximate surface area is 191 Å². The maximum Gasteiger partial charge on any atom is 0.191 e. The predicted octanol–water partition coefficient (Wildman–Crippen LogP) is 5.67. The van der Waals surface area contributed by atoms with Crippen LogP contribution in [0.25, 0.3) is 22.0 Å². The number of H-pyrrole nitrogens is 1. The van der Waals surface area contributed by atoms with Gasteiger partial charge in [-0.1, -0.05) is 42.5 Å². The molecule has 1 unspecified atom stereocenters. The van der Waals surface area contributed by atoms with Gasteiger partial charge in [0.15, 0.2) is 5.78 Å². The molecule has 2 N–H and O–H groups in total. The van der Waals surface area contributed by atoms with Crippen LogP contribution in [0.15, 0.2) is 97.7 Å². The van der Waals surface area contributed by atoms with E-state index in [9.17, 15) is 4.79 Å². The number of hydrogen-bond donors (Lipinski definition) is 2. The highest BCUT2D eigenvalue weighted by Gasteiger charge is 2.25. The summed E-state index contributed by atoms with van der Waals surface area (Å²) in [5, 5.41) is 4.32. The summed E-state index contributed by atoms with van der Waals surface area (Å²) in [5.74, 6) is 0.685. The van der Waals surface area contributed by atoms with Crippen molar-refractivity contribution in [3.05, 3.63) is 109 Å². The maximum absolute atomic E-state index is 13.9. The van der Waals surface area contributed by atoms with E-state index in [-0.39, 0.29) is 5.78 Å². The first-order chi connectivity index (χ1) is 16.2. The minimum absolute atomic E-state index is 0.0308. The van der Waals surface area contributed by atoms with Crippen molar-refractivity contribution in [2.45, 2.75) is 6.04 Å². The van der Waals surface area contributed by atoms with Crippen LogP contribution in [0, 0.1) is 0 Å². The Morgan fingerprint density at radius 2 is 1.76 bits per heavy atom. The molecule has 0 fully saturated rings. The molecule has 0 spiro atoms. The van der Waals surface area contributed by atoms with Gasteiger partial charge in [-0.25, -0.2) is 9.97 Å². The highest BCUT2D eigenvalue weighted by Crippen LogP contribution is 2.31. The molecule has 0 aliphatic rings. The number of benzene rings is 3. The topological polar surface area (TPSA) is 79.9 Å². The van der Waals surface area contributed by atoms with Gasteiger partial charge in [-0.05, 0) is 35.4 Å². The van der Waals surface area contributed by atoms with Crippen LogP contribution >= 0.6 is 0 Å². The highest BCUT2D eigenvalue weighted by atomic mass is 16.5. The fourth-order valence-corrected chi connectivity index (χ4v) is 3.96. The molecule has 0 amide bonds. The number of Topliss-reactive ketones (excluding diaryl/α,β-unsaturated/α-hetero) is 1. The number of methoxy groups -OCH3 is 1. The average molecular weight is 434 g/mol. The lowest BCUT2D eigenvalue weighted by Crippen LogP contribution is -2.21. The molecule has 0 bridgehead atoms. The molecule has 1 atom stereocenters. The molecule has 162 valence electrons. The van der Waals surface area contributed by atoms with Crippen LogP contribution < -0.4 is 10.1 Å². The molecule has 3 aromatic carbocycles. The summed E-state index contributed by atoms with van der Waals surface area (Å²) in [7, 11) is 1.62. The van der Waals surface area contributed by atoms with Crippen LogP contribution in [-0.4, -0.2) is 27.8 Å². The van der Waals surface area contributed by atoms with E-state index in [1.807, 2.05) is 72.8 Å². The Bertz CT molecular complexity index is 1410. The molecule has 33 heavy (non-hydrogen) atoms. The zero-order valence-corrected chi connectivity index (χ0v) is 18.0. The summed E-state index contributed by atoms with van der Waals surface area (Å²) in [6.45, 7) is 0. The van der Waals surface area contributed by atoms with Crippen molar-refractivity contribution in [1.29, 1.82) is 0 Å². The number of anilines is 1. The van der Waals surface area contributed by atoms with Gasteiger partial charge >= 0.3 is 0 Å². The Balaban J connectivity index is 1.59. The van der Waals surface area contributed by atoms with Crippen LogP contribution in [0.3, 0.4) is 0 Å². The van der Waals surface area contributed by atoms with Crippen LogP contribution in [0.4, 0.5) is 5.69 Å². The van der Waals surface area contributed by atoms with Gasteiger partial charge in [0.2, 0.25) is 0 Å². The van der Waals surface area contributed by atoms with E-state index < -0.39 is 6.04 Å². The lowest BCUT2D eigenvalue weighted by molar-refractivity contribution is 0.0971. The van der Waals surface area contributed by atoms with Gasteiger partial charge in [-0.3, -0.25) is 4.79 Å². The SMILES string of the molecule is COc1cccc(NC(C(=O)c2c[nH]c3ccccc23)c2cccc(-c3cncnc3)c2)c1.